The van der Waals surface area contributed by atoms with Crippen LogP contribution in [0.2, 0.25) is 0 Å². The molecule has 0 saturated carbocycles. The van der Waals surface area contributed by atoms with Gasteiger partial charge in [-0.3, -0.25) is 0 Å². The first kappa shape index (κ1) is 16.2. The summed E-state index contributed by atoms with van der Waals surface area (Å²) in [7, 11) is 0. The SMILES string of the molecule is CC(C)(C)c1cc(N2CC3CN(c4ncncc4F)CC3C2)ncn1. The van der Waals surface area contributed by atoms with E-state index in [1.807, 2.05) is 4.90 Å². The lowest BCUT2D eigenvalue weighted by molar-refractivity contribution is 0.533. The van der Waals surface area contributed by atoms with Gasteiger partial charge in [-0.15, -0.1) is 0 Å². The predicted molar refractivity (Wildman–Crippen MR) is 94.1 cm³/mol. The molecule has 2 aromatic rings. The van der Waals surface area contributed by atoms with Crippen molar-refractivity contribution in [2.24, 2.45) is 11.8 Å². The largest absolute Gasteiger partial charge is 0.356 e. The van der Waals surface area contributed by atoms with E-state index in [-0.39, 0.29) is 11.2 Å². The van der Waals surface area contributed by atoms with Gasteiger partial charge in [-0.25, -0.2) is 24.3 Å². The second-order valence-electron chi connectivity index (χ2n) is 8.04. The lowest BCUT2D eigenvalue weighted by Gasteiger charge is -2.24. The molecule has 0 bridgehead atoms. The lowest BCUT2D eigenvalue weighted by Crippen LogP contribution is -2.30. The summed E-state index contributed by atoms with van der Waals surface area (Å²) < 4.78 is 13.9. The fourth-order valence-corrected chi connectivity index (χ4v) is 3.82. The lowest BCUT2D eigenvalue weighted by atomic mass is 9.92. The minimum Gasteiger partial charge on any atom is -0.356 e. The summed E-state index contributed by atoms with van der Waals surface area (Å²) in [5, 5.41) is 0. The Morgan fingerprint density at radius 2 is 1.64 bits per heavy atom. The maximum absolute atomic E-state index is 13.9. The number of halogens is 1. The molecule has 2 saturated heterocycles. The number of anilines is 2. The molecule has 0 amide bonds. The molecule has 0 aromatic carbocycles. The molecule has 0 aliphatic carbocycles. The smallest absolute Gasteiger partial charge is 0.183 e. The normalized spacial score (nSPS) is 23.2. The molecule has 4 rings (SSSR count). The fraction of sp³-hybridized carbons (Fsp3) is 0.556. The van der Waals surface area contributed by atoms with Crippen LogP contribution in [0.25, 0.3) is 0 Å². The van der Waals surface area contributed by atoms with E-state index >= 15 is 0 Å². The summed E-state index contributed by atoms with van der Waals surface area (Å²) in [6.45, 7) is 10.0. The van der Waals surface area contributed by atoms with Crippen LogP contribution in [0.1, 0.15) is 26.5 Å². The van der Waals surface area contributed by atoms with Gasteiger partial charge in [-0.05, 0) is 0 Å². The second-order valence-corrected chi connectivity index (χ2v) is 8.04. The van der Waals surface area contributed by atoms with Gasteiger partial charge in [0.05, 0.1) is 11.9 Å². The van der Waals surface area contributed by atoms with Crippen molar-refractivity contribution in [3.05, 3.63) is 36.4 Å². The Hall–Kier alpha value is -2.31. The van der Waals surface area contributed by atoms with Crippen LogP contribution >= 0.6 is 0 Å². The predicted octanol–water partition coefficient (Wildman–Crippen LogP) is 2.28. The van der Waals surface area contributed by atoms with Crippen molar-refractivity contribution in [1.29, 1.82) is 0 Å². The quantitative estimate of drug-likeness (QED) is 0.834. The van der Waals surface area contributed by atoms with Crippen LogP contribution in [0.5, 0.6) is 0 Å². The van der Waals surface area contributed by atoms with E-state index in [4.69, 9.17) is 0 Å². The number of hydrogen-bond donors (Lipinski definition) is 0. The Balaban J connectivity index is 1.47. The maximum Gasteiger partial charge on any atom is 0.183 e. The Morgan fingerprint density at radius 3 is 2.28 bits per heavy atom. The Kier molecular flexibility index (Phi) is 3.81. The van der Waals surface area contributed by atoms with Crippen molar-refractivity contribution in [3.8, 4) is 0 Å². The molecule has 0 spiro atoms. The van der Waals surface area contributed by atoms with Gasteiger partial charge in [0.2, 0.25) is 0 Å². The van der Waals surface area contributed by atoms with Crippen LogP contribution < -0.4 is 9.80 Å². The van der Waals surface area contributed by atoms with Crippen molar-refractivity contribution in [3.63, 3.8) is 0 Å². The minimum absolute atomic E-state index is 0.00856. The number of fused-ring (bicyclic) bond motifs is 1. The number of hydrogen-bond acceptors (Lipinski definition) is 6. The highest BCUT2D eigenvalue weighted by molar-refractivity contribution is 5.45. The van der Waals surface area contributed by atoms with E-state index in [0.29, 0.717) is 17.7 Å². The Bertz CT molecular complexity index is 760. The van der Waals surface area contributed by atoms with Crippen LogP contribution in [0.15, 0.2) is 24.9 Å². The molecule has 2 aliphatic rings. The van der Waals surface area contributed by atoms with Gasteiger partial charge in [0.25, 0.3) is 0 Å². The van der Waals surface area contributed by atoms with Crippen LogP contribution in [-0.2, 0) is 5.41 Å². The monoisotopic (exact) mass is 342 g/mol. The summed E-state index contributed by atoms with van der Waals surface area (Å²) in [5.41, 5.74) is 1.06. The molecule has 4 heterocycles. The molecular formula is C18H23FN6. The molecule has 25 heavy (non-hydrogen) atoms. The molecule has 7 heteroatoms. The molecular weight excluding hydrogens is 319 g/mol. The molecule has 2 aromatic heterocycles. The van der Waals surface area contributed by atoms with E-state index < -0.39 is 0 Å². The summed E-state index contributed by atoms with van der Waals surface area (Å²) in [5.74, 6) is 2.08. The van der Waals surface area contributed by atoms with Crippen molar-refractivity contribution in [2.45, 2.75) is 26.2 Å². The van der Waals surface area contributed by atoms with Gasteiger partial charge in [0.15, 0.2) is 11.6 Å². The number of aromatic nitrogens is 4. The standard InChI is InChI=1S/C18H23FN6/c1-18(2,3)15-4-16(22-11-21-15)24-6-12-8-25(9-13(12)7-24)17-14(19)5-20-10-23-17/h4-5,10-13H,6-9H2,1-3H3. The van der Waals surface area contributed by atoms with E-state index in [1.54, 1.807) is 6.33 Å². The number of nitrogens with zero attached hydrogens (tertiary/aromatic N) is 6. The Labute approximate surface area is 147 Å². The molecule has 2 unspecified atom stereocenters. The van der Waals surface area contributed by atoms with Crippen molar-refractivity contribution in [1.82, 2.24) is 19.9 Å². The summed E-state index contributed by atoms with van der Waals surface area (Å²) >= 11 is 0. The van der Waals surface area contributed by atoms with Crippen molar-refractivity contribution in [2.75, 3.05) is 36.0 Å². The van der Waals surface area contributed by atoms with Gasteiger partial charge in [-0.1, -0.05) is 20.8 Å². The molecule has 2 atom stereocenters. The first-order valence-electron chi connectivity index (χ1n) is 8.70. The Morgan fingerprint density at radius 1 is 0.960 bits per heavy atom. The zero-order valence-electron chi connectivity index (χ0n) is 14.9. The molecule has 0 radical (unpaired) electrons. The van der Waals surface area contributed by atoms with Gasteiger partial charge < -0.3 is 9.80 Å². The third kappa shape index (κ3) is 3.03. The first-order chi connectivity index (χ1) is 11.9. The van der Waals surface area contributed by atoms with Crippen LogP contribution in [0.4, 0.5) is 16.0 Å². The first-order valence-corrected chi connectivity index (χ1v) is 8.70. The summed E-state index contributed by atoms with van der Waals surface area (Å²) in [4.78, 5) is 21.1. The van der Waals surface area contributed by atoms with Crippen molar-refractivity contribution >= 4 is 11.6 Å². The van der Waals surface area contributed by atoms with E-state index in [1.165, 1.54) is 12.5 Å². The van der Waals surface area contributed by atoms with Gasteiger partial charge >= 0.3 is 0 Å². The molecule has 2 aliphatic heterocycles. The highest BCUT2D eigenvalue weighted by Gasteiger charge is 2.41. The maximum atomic E-state index is 13.9. The van der Waals surface area contributed by atoms with Gasteiger partial charge in [-0.2, -0.15) is 0 Å². The fourth-order valence-electron chi connectivity index (χ4n) is 3.82. The zero-order valence-corrected chi connectivity index (χ0v) is 14.9. The molecule has 2 fully saturated rings. The zero-order chi connectivity index (χ0) is 17.6. The highest BCUT2D eigenvalue weighted by Crippen LogP contribution is 2.36. The minimum atomic E-state index is -0.343. The average Bonchev–Trinajstić information content (AvgIpc) is 3.13. The average molecular weight is 342 g/mol. The summed E-state index contributed by atoms with van der Waals surface area (Å²) in [6.07, 6.45) is 4.30. The second kappa shape index (κ2) is 5.89. The van der Waals surface area contributed by atoms with Crippen LogP contribution in [-0.4, -0.2) is 46.1 Å². The van der Waals surface area contributed by atoms with E-state index in [2.05, 4.69) is 51.7 Å². The third-order valence-corrected chi connectivity index (χ3v) is 5.18. The molecule has 132 valence electrons. The van der Waals surface area contributed by atoms with Crippen molar-refractivity contribution < 1.29 is 4.39 Å². The van der Waals surface area contributed by atoms with Gasteiger partial charge in [0.1, 0.15) is 18.5 Å². The molecule has 0 N–H and O–H groups in total. The van der Waals surface area contributed by atoms with Crippen LogP contribution in [0, 0.1) is 17.7 Å². The van der Waals surface area contributed by atoms with Crippen LogP contribution in [0.3, 0.4) is 0 Å². The molecule has 6 nitrogen and oxygen atoms in total. The van der Waals surface area contributed by atoms with E-state index in [9.17, 15) is 4.39 Å². The van der Waals surface area contributed by atoms with E-state index in [0.717, 1.165) is 37.7 Å². The third-order valence-electron chi connectivity index (χ3n) is 5.18. The topological polar surface area (TPSA) is 58.0 Å². The number of rotatable bonds is 2. The highest BCUT2D eigenvalue weighted by atomic mass is 19.1. The summed E-state index contributed by atoms with van der Waals surface area (Å²) in [6, 6.07) is 2.10. The van der Waals surface area contributed by atoms with Gasteiger partial charge in [0, 0.05) is 49.5 Å².